The molecule has 3 heteroatoms. The molecule has 0 saturated carbocycles. The van der Waals surface area contributed by atoms with E-state index in [0.717, 1.165) is 36.9 Å². The molecule has 2 heterocycles. The van der Waals surface area contributed by atoms with E-state index in [1.165, 1.54) is 17.7 Å². The largest absolute Gasteiger partial charge is 0.307 e. The number of aromatic nitrogens is 2. The monoisotopic (exact) mass is 205 g/mol. The molecule has 1 aliphatic rings. The molecule has 0 spiro atoms. The van der Waals surface area contributed by atoms with Gasteiger partial charge in [-0.25, -0.2) is 9.97 Å². The van der Waals surface area contributed by atoms with Crippen molar-refractivity contribution >= 4 is 0 Å². The summed E-state index contributed by atoms with van der Waals surface area (Å²) in [6, 6.07) is 0. The van der Waals surface area contributed by atoms with Gasteiger partial charge in [0.1, 0.15) is 5.82 Å². The van der Waals surface area contributed by atoms with E-state index in [0.29, 0.717) is 0 Å². The molecule has 3 nitrogen and oxygen atoms in total. The molecular weight excluding hydrogens is 186 g/mol. The Morgan fingerprint density at radius 2 is 2.07 bits per heavy atom. The molecule has 2 rings (SSSR count). The van der Waals surface area contributed by atoms with Crippen LogP contribution in [-0.4, -0.2) is 9.97 Å². The fourth-order valence-corrected chi connectivity index (χ4v) is 1.93. The summed E-state index contributed by atoms with van der Waals surface area (Å²) < 4.78 is 0. The second-order valence-corrected chi connectivity index (χ2v) is 4.69. The van der Waals surface area contributed by atoms with Gasteiger partial charge in [0.2, 0.25) is 0 Å². The van der Waals surface area contributed by atoms with Gasteiger partial charge in [0.15, 0.2) is 0 Å². The summed E-state index contributed by atoms with van der Waals surface area (Å²) in [5.41, 5.74) is 3.67. The average molecular weight is 205 g/mol. The first-order chi connectivity index (χ1) is 7.16. The van der Waals surface area contributed by atoms with Crippen molar-refractivity contribution in [1.29, 1.82) is 0 Å². The molecule has 0 bridgehead atoms. The van der Waals surface area contributed by atoms with E-state index in [-0.39, 0.29) is 0 Å². The van der Waals surface area contributed by atoms with E-state index < -0.39 is 0 Å². The second kappa shape index (κ2) is 4.27. The Morgan fingerprint density at radius 1 is 1.27 bits per heavy atom. The highest BCUT2D eigenvalue weighted by molar-refractivity contribution is 5.28. The molecule has 0 unspecified atom stereocenters. The molecule has 1 N–H and O–H groups in total. The minimum absolute atomic E-state index is 0.722. The van der Waals surface area contributed by atoms with E-state index in [2.05, 4.69) is 36.1 Å². The fourth-order valence-electron chi connectivity index (χ4n) is 1.93. The van der Waals surface area contributed by atoms with Crippen LogP contribution in [-0.2, 0) is 19.5 Å². The van der Waals surface area contributed by atoms with E-state index >= 15 is 0 Å². The Hall–Kier alpha value is -0.960. The minimum Gasteiger partial charge on any atom is -0.307 e. The van der Waals surface area contributed by atoms with Gasteiger partial charge in [-0.2, -0.15) is 0 Å². The summed E-state index contributed by atoms with van der Waals surface area (Å²) in [6.45, 7) is 8.41. The van der Waals surface area contributed by atoms with E-state index in [4.69, 9.17) is 0 Å². The normalized spacial score (nSPS) is 14.7. The van der Waals surface area contributed by atoms with Crippen LogP contribution < -0.4 is 5.32 Å². The molecule has 15 heavy (non-hydrogen) atoms. The van der Waals surface area contributed by atoms with Crippen LogP contribution in [0.5, 0.6) is 0 Å². The molecule has 82 valence electrons. The van der Waals surface area contributed by atoms with Gasteiger partial charge in [0.25, 0.3) is 0 Å². The van der Waals surface area contributed by atoms with Crippen molar-refractivity contribution in [3.63, 3.8) is 0 Å². The lowest BCUT2D eigenvalue weighted by Crippen LogP contribution is -2.04. The van der Waals surface area contributed by atoms with Crippen LogP contribution in [0.2, 0.25) is 0 Å². The third-order valence-corrected chi connectivity index (χ3v) is 2.89. The molecule has 0 fully saturated rings. The second-order valence-electron chi connectivity index (χ2n) is 4.69. The Kier molecular flexibility index (Phi) is 3.00. The quantitative estimate of drug-likeness (QED) is 0.820. The van der Waals surface area contributed by atoms with Crippen LogP contribution in [0.4, 0.5) is 0 Å². The minimum atomic E-state index is 0.722. The topological polar surface area (TPSA) is 37.8 Å². The Bertz CT molecular complexity index is 358. The number of nitrogens with one attached hydrogen (secondary N) is 1. The van der Waals surface area contributed by atoms with Gasteiger partial charge in [-0.05, 0) is 19.3 Å². The molecule has 1 aliphatic heterocycles. The number of hydrogen-bond donors (Lipinski definition) is 1. The first-order valence-corrected chi connectivity index (χ1v) is 5.73. The summed E-state index contributed by atoms with van der Waals surface area (Å²) in [7, 11) is 0. The lowest BCUT2D eigenvalue weighted by molar-refractivity contribution is 0.572. The van der Waals surface area contributed by atoms with E-state index in [9.17, 15) is 0 Å². The number of hydrogen-bond acceptors (Lipinski definition) is 3. The summed E-state index contributed by atoms with van der Waals surface area (Å²) in [5, 5.41) is 3.32. The zero-order valence-corrected chi connectivity index (χ0v) is 9.80. The lowest BCUT2D eigenvalue weighted by atomic mass is 10.1. The van der Waals surface area contributed by atoms with Gasteiger partial charge in [-0.15, -0.1) is 0 Å². The molecule has 0 saturated heterocycles. The van der Waals surface area contributed by atoms with Crippen LogP contribution in [0.15, 0.2) is 0 Å². The third-order valence-electron chi connectivity index (χ3n) is 2.89. The van der Waals surface area contributed by atoms with Crippen molar-refractivity contribution in [2.45, 2.75) is 46.7 Å². The Morgan fingerprint density at radius 3 is 2.80 bits per heavy atom. The van der Waals surface area contributed by atoms with Crippen molar-refractivity contribution in [1.82, 2.24) is 15.3 Å². The van der Waals surface area contributed by atoms with Gasteiger partial charge in [-0.1, -0.05) is 13.8 Å². The summed E-state index contributed by atoms with van der Waals surface area (Å²) in [4.78, 5) is 9.18. The van der Waals surface area contributed by atoms with Crippen molar-refractivity contribution in [2.75, 3.05) is 0 Å². The van der Waals surface area contributed by atoms with Gasteiger partial charge < -0.3 is 5.32 Å². The van der Waals surface area contributed by atoms with E-state index in [1.54, 1.807) is 0 Å². The first kappa shape index (κ1) is 10.6. The summed E-state index contributed by atoms with van der Waals surface area (Å²) >= 11 is 0. The average Bonchev–Trinajstić information content (AvgIpc) is 2.63. The molecular formula is C12H19N3. The van der Waals surface area contributed by atoms with Crippen molar-refractivity contribution in [3.05, 3.63) is 22.8 Å². The van der Waals surface area contributed by atoms with Crippen LogP contribution in [0.1, 0.15) is 43.0 Å². The number of nitrogens with zero attached hydrogens (tertiary/aromatic N) is 2. The SMILES string of the molecule is Cc1nc(CCC(C)C)nc2c1CNC2. The van der Waals surface area contributed by atoms with Crippen LogP contribution in [0, 0.1) is 12.8 Å². The number of rotatable bonds is 3. The highest BCUT2D eigenvalue weighted by atomic mass is 15.0. The maximum absolute atomic E-state index is 4.61. The molecule has 0 amide bonds. The zero-order chi connectivity index (χ0) is 10.8. The van der Waals surface area contributed by atoms with Crippen LogP contribution in [0.25, 0.3) is 0 Å². The fraction of sp³-hybridized carbons (Fsp3) is 0.667. The Labute approximate surface area is 91.3 Å². The molecule has 0 radical (unpaired) electrons. The highest BCUT2D eigenvalue weighted by Gasteiger charge is 2.16. The van der Waals surface area contributed by atoms with E-state index in [1.807, 2.05) is 0 Å². The summed E-state index contributed by atoms with van der Waals surface area (Å²) in [6.07, 6.45) is 2.18. The van der Waals surface area contributed by atoms with Gasteiger partial charge in [0, 0.05) is 30.8 Å². The summed E-state index contributed by atoms with van der Waals surface area (Å²) in [5.74, 6) is 1.74. The van der Waals surface area contributed by atoms with Crippen molar-refractivity contribution in [3.8, 4) is 0 Å². The molecule has 0 aliphatic carbocycles. The molecule has 0 atom stereocenters. The number of fused-ring (bicyclic) bond motifs is 1. The maximum Gasteiger partial charge on any atom is 0.128 e. The van der Waals surface area contributed by atoms with Crippen molar-refractivity contribution < 1.29 is 0 Å². The standard InChI is InChI=1S/C12H19N3/c1-8(2)4-5-12-14-9(3)10-6-13-7-11(10)15-12/h8,13H,4-7H2,1-3H3. The van der Waals surface area contributed by atoms with Gasteiger partial charge >= 0.3 is 0 Å². The molecule has 1 aromatic rings. The predicted octanol–water partition coefficient (Wildman–Crippen LogP) is 1.98. The number of aryl methyl sites for hydroxylation is 2. The molecule has 0 aromatic carbocycles. The third kappa shape index (κ3) is 2.34. The lowest BCUT2D eigenvalue weighted by Gasteiger charge is -2.07. The predicted molar refractivity (Wildman–Crippen MR) is 60.5 cm³/mol. The molecule has 1 aromatic heterocycles. The maximum atomic E-state index is 4.61. The van der Waals surface area contributed by atoms with Gasteiger partial charge in [0.05, 0.1) is 5.69 Å². The van der Waals surface area contributed by atoms with Crippen LogP contribution >= 0.6 is 0 Å². The van der Waals surface area contributed by atoms with Gasteiger partial charge in [-0.3, -0.25) is 0 Å². The smallest absolute Gasteiger partial charge is 0.128 e. The first-order valence-electron chi connectivity index (χ1n) is 5.73. The zero-order valence-electron chi connectivity index (χ0n) is 9.80. The van der Waals surface area contributed by atoms with Crippen molar-refractivity contribution in [2.24, 2.45) is 5.92 Å². The Balaban J connectivity index is 2.16. The van der Waals surface area contributed by atoms with Crippen LogP contribution in [0.3, 0.4) is 0 Å². The highest BCUT2D eigenvalue weighted by Crippen LogP contribution is 2.17.